The van der Waals surface area contributed by atoms with Crippen LogP contribution in [0, 0.1) is 5.92 Å². The van der Waals surface area contributed by atoms with Gasteiger partial charge in [-0.2, -0.15) is 0 Å². The van der Waals surface area contributed by atoms with Crippen LogP contribution in [0.1, 0.15) is 46.0 Å². The SMILES string of the molecule is CC1CCC2(CC1)NC(=O)N(CC(=O)N1CC[C@@H](C)Sc3ccccc31)C2=O. The number of rotatable bonds is 2. The van der Waals surface area contributed by atoms with Crippen molar-refractivity contribution in [2.24, 2.45) is 5.92 Å². The molecule has 1 aliphatic carbocycles. The van der Waals surface area contributed by atoms with Crippen molar-refractivity contribution >= 4 is 35.3 Å². The third kappa shape index (κ3) is 3.41. The highest BCUT2D eigenvalue weighted by Gasteiger charge is 2.52. The fraction of sp³-hybridized carbons (Fsp3) is 0.571. The van der Waals surface area contributed by atoms with Gasteiger partial charge in [0.15, 0.2) is 0 Å². The highest BCUT2D eigenvalue weighted by Crippen LogP contribution is 2.38. The predicted molar refractivity (Wildman–Crippen MR) is 109 cm³/mol. The Labute approximate surface area is 170 Å². The zero-order chi connectivity index (χ0) is 19.9. The van der Waals surface area contributed by atoms with Gasteiger partial charge in [-0.3, -0.25) is 14.5 Å². The van der Waals surface area contributed by atoms with Crippen LogP contribution in [0.2, 0.25) is 0 Å². The van der Waals surface area contributed by atoms with Gasteiger partial charge < -0.3 is 10.2 Å². The van der Waals surface area contributed by atoms with Crippen LogP contribution in [-0.2, 0) is 9.59 Å². The molecule has 3 aliphatic rings. The number of amides is 4. The van der Waals surface area contributed by atoms with Crippen LogP contribution in [0.5, 0.6) is 0 Å². The maximum Gasteiger partial charge on any atom is 0.325 e. The monoisotopic (exact) mass is 401 g/mol. The normalized spacial score (nSPS) is 30.2. The third-order valence-electron chi connectivity index (χ3n) is 6.21. The molecule has 1 aromatic rings. The summed E-state index contributed by atoms with van der Waals surface area (Å²) in [5.74, 6) is 0.134. The van der Waals surface area contributed by atoms with Gasteiger partial charge in [-0.1, -0.05) is 26.0 Å². The molecule has 1 atom stereocenters. The Morgan fingerprint density at radius 1 is 1.18 bits per heavy atom. The Hall–Kier alpha value is -2.02. The molecule has 4 rings (SSSR count). The zero-order valence-electron chi connectivity index (χ0n) is 16.4. The lowest BCUT2D eigenvalue weighted by molar-refractivity contribution is -0.135. The van der Waals surface area contributed by atoms with Crippen LogP contribution in [0.3, 0.4) is 0 Å². The molecule has 2 heterocycles. The molecule has 6 nitrogen and oxygen atoms in total. The van der Waals surface area contributed by atoms with E-state index < -0.39 is 11.6 Å². The van der Waals surface area contributed by atoms with E-state index in [2.05, 4.69) is 19.2 Å². The first-order valence-corrected chi connectivity index (χ1v) is 11.0. The maximum absolute atomic E-state index is 13.1. The number of nitrogens with zero attached hydrogens (tertiary/aromatic N) is 2. The molecule has 2 aliphatic heterocycles. The van der Waals surface area contributed by atoms with Crippen LogP contribution in [-0.4, -0.2) is 46.6 Å². The number of hydrogen-bond donors (Lipinski definition) is 1. The number of benzene rings is 1. The third-order valence-corrected chi connectivity index (χ3v) is 7.45. The van der Waals surface area contributed by atoms with Gasteiger partial charge in [-0.15, -0.1) is 11.8 Å². The van der Waals surface area contributed by atoms with Crippen molar-refractivity contribution in [1.29, 1.82) is 0 Å². The van der Waals surface area contributed by atoms with E-state index in [1.807, 2.05) is 24.3 Å². The molecule has 0 aromatic heterocycles. The average Bonchev–Trinajstić information content (AvgIpc) is 2.81. The van der Waals surface area contributed by atoms with Gasteiger partial charge in [0, 0.05) is 16.7 Å². The lowest BCUT2D eigenvalue weighted by Crippen LogP contribution is -2.50. The van der Waals surface area contributed by atoms with Gasteiger partial charge in [-0.25, -0.2) is 4.79 Å². The molecule has 0 bridgehead atoms. The highest BCUT2D eigenvalue weighted by molar-refractivity contribution is 8.00. The predicted octanol–water partition coefficient (Wildman–Crippen LogP) is 3.40. The second-order valence-corrected chi connectivity index (χ2v) is 9.80. The number of imide groups is 1. The van der Waals surface area contributed by atoms with Crippen molar-refractivity contribution in [1.82, 2.24) is 10.2 Å². The summed E-state index contributed by atoms with van der Waals surface area (Å²) in [6, 6.07) is 7.42. The Morgan fingerprint density at radius 3 is 2.64 bits per heavy atom. The fourth-order valence-corrected chi connectivity index (χ4v) is 5.49. The molecule has 7 heteroatoms. The van der Waals surface area contributed by atoms with E-state index in [0.717, 1.165) is 34.7 Å². The molecular formula is C21H27N3O3S. The molecular weight excluding hydrogens is 374 g/mol. The second-order valence-electron chi connectivity index (χ2n) is 8.32. The number of fused-ring (bicyclic) bond motifs is 1. The largest absolute Gasteiger partial charge is 0.325 e. The van der Waals surface area contributed by atoms with E-state index in [9.17, 15) is 14.4 Å². The number of carbonyl (C=O) groups excluding carboxylic acids is 3. The maximum atomic E-state index is 13.1. The number of urea groups is 1. The van der Waals surface area contributed by atoms with Crippen LogP contribution in [0.4, 0.5) is 10.5 Å². The number of nitrogens with one attached hydrogen (secondary N) is 1. The molecule has 1 saturated carbocycles. The van der Waals surface area contributed by atoms with Crippen molar-refractivity contribution in [3.63, 3.8) is 0 Å². The summed E-state index contributed by atoms with van der Waals surface area (Å²) in [5.41, 5.74) is 0.0698. The van der Waals surface area contributed by atoms with Crippen molar-refractivity contribution < 1.29 is 14.4 Å². The molecule has 1 saturated heterocycles. The first-order chi connectivity index (χ1) is 13.4. The Morgan fingerprint density at radius 2 is 1.89 bits per heavy atom. The van der Waals surface area contributed by atoms with E-state index in [1.165, 1.54) is 0 Å². The van der Waals surface area contributed by atoms with Crippen molar-refractivity contribution in [3.8, 4) is 0 Å². The highest BCUT2D eigenvalue weighted by atomic mass is 32.2. The molecule has 4 amide bonds. The number of anilines is 1. The van der Waals surface area contributed by atoms with E-state index >= 15 is 0 Å². The first kappa shape index (κ1) is 19.3. The minimum absolute atomic E-state index is 0.199. The summed E-state index contributed by atoms with van der Waals surface area (Å²) < 4.78 is 0. The van der Waals surface area contributed by atoms with Gasteiger partial charge in [0.25, 0.3) is 5.91 Å². The Kier molecular flexibility index (Phi) is 5.12. The second kappa shape index (κ2) is 7.43. The summed E-state index contributed by atoms with van der Waals surface area (Å²) in [6.07, 6.45) is 4.02. The summed E-state index contributed by atoms with van der Waals surface area (Å²) in [4.78, 5) is 42.7. The fourth-order valence-electron chi connectivity index (χ4n) is 4.38. The number of hydrogen-bond acceptors (Lipinski definition) is 4. The smallest absolute Gasteiger partial charge is 0.323 e. The molecule has 1 aromatic carbocycles. The van der Waals surface area contributed by atoms with Crippen molar-refractivity contribution in [2.45, 2.75) is 61.6 Å². The van der Waals surface area contributed by atoms with Crippen LogP contribution in [0.15, 0.2) is 29.2 Å². The van der Waals surface area contributed by atoms with Crippen molar-refractivity contribution in [3.05, 3.63) is 24.3 Å². The zero-order valence-corrected chi connectivity index (χ0v) is 17.3. The summed E-state index contributed by atoms with van der Waals surface area (Å²) in [7, 11) is 0. The lowest BCUT2D eigenvalue weighted by atomic mass is 9.77. The van der Waals surface area contributed by atoms with E-state index in [0.29, 0.717) is 30.6 Å². The Balaban J connectivity index is 1.52. The van der Waals surface area contributed by atoms with Crippen molar-refractivity contribution in [2.75, 3.05) is 18.0 Å². The number of carbonyl (C=O) groups is 3. The standard InChI is InChI=1S/C21H27N3O3S/c1-14-7-10-21(11-8-14)19(26)24(20(27)22-21)13-18(25)23-12-9-15(2)28-17-6-4-3-5-16(17)23/h3-6,14-15H,7-13H2,1-2H3,(H,22,27)/t14?,15-,21?/m1/s1. The van der Waals surface area contributed by atoms with Gasteiger partial charge in [0.1, 0.15) is 12.1 Å². The van der Waals surface area contributed by atoms with Gasteiger partial charge in [0.2, 0.25) is 5.91 Å². The molecule has 0 radical (unpaired) electrons. The number of thioether (sulfide) groups is 1. The Bertz CT molecular complexity index is 804. The molecule has 2 fully saturated rings. The molecule has 150 valence electrons. The van der Waals surface area contributed by atoms with Gasteiger partial charge in [0.05, 0.1) is 5.69 Å². The minimum atomic E-state index is -0.801. The van der Waals surface area contributed by atoms with Crippen LogP contribution < -0.4 is 10.2 Å². The quantitative estimate of drug-likeness (QED) is 0.771. The number of para-hydroxylation sites is 1. The average molecular weight is 402 g/mol. The molecule has 0 unspecified atom stereocenters. The minimum Gasteiger partial charge on any atom is -0.323 e. The van der Waals surface area contributed by atoms with E-state index in [1.54, 1.807) is 16.7 Å². The lowest BCUT2D eigenvalue weighted by Gasteiger charge is -2.33. The topological polar surface area (TPSA) is 69.7 Å². The first-order valence-electron chi connectivity index (χ1n) is 10.1. The molecule has 1 N–H and O–H groups in total. The van der Waals surface area contributed by atoms with Crippen LogP contribution >= 0.6 is 11.8 Å². The molecule has 1 spiro atoms. The summed E-state index contributed by atoms with van der Waals surface area (Å²) in [5, 5.41) is 3.30. The summed E-state index contributed by atoms with van der Waals surface area (Å²) >= 11 is 1.76. The summed E-state index contributed by atoms with van der Waals surface area (Å²) in [6.45, 7) is 4.72. The van der Waals surface area contributed by atoms with E-state index in [-0.39, 0.29) is 18.4 Å². The molecule has 28 heavy (non-hydrogen) atoms. The van der Waals surface area contributed by atoms with Gasteiger partial charge in [-0.05, 0) is 50.2 Å². The van der Waals surface area contributed by atoms with Gasteiger partial charge >= 0.3 is 6.03 Å². The van der Waals surface area contributed by atoms with Crippen LogP contribution in [0.25, 0.3) is 0 Å². The van der Waals surface area contributed by atoms with E-state index in [4.69, 9.17) is 0 Å².